The molecule has 20 heavy (non-hydrogen) atoms. The molecule has 0 bridgehead atoms. The lowest BCUT2D eigenvalue weighted by atomic mass is 9.94. The molecule has 0 fully saturated rings. The Morgan fingerprint density at radius 3 is 2.30 bits per heavy atom. The summed E-state index contributed by atoms with van der Waals surface area (Å²) in [6, 6.07) is -1.40. The quantitative estimate of drug-likeness (QED) is 0.649. The van der Waals surface area contributed by atoms with Crippen LogP contribution in [0.25, 0.3) is 0 Å². The Labute approximate surface area is 119 Å². The van der Waals surface area contributed by atoms with Gasteiger partial charge in [-0.25, -0.2) is 9.59 Å². The van der Waals surface area contributed by atoms with Gasteiger partial charge in [0.05, 0.1) is 6.10 Å². The Hall–Kier alpha value is -1.56. The first-order valence-electron chi connectivity index (χ1n) is 6.60. The van der Waals surface area contributed by atoms with Crippen molar-refractivity contribution in [2.24, 2.45) is 5.92 Å². The fraction of sp³-hybridized carbons (Fsp3) is 0.714. The molecular formula is C14H25NO5. The lowest BCUT2D eigenvalue weighted by Crippen LogP contribution is -2.52. The summed E-state index contributed by atoms with van der Waals surface area (Å²) in [5.74, 6) is -1.60. The number of allylic oxidation sites excluding steroid dienone is 2. The number of amides is 1. The maximum atomic E-state index is 11.6. The third kappa shape index (κ3) is 7.13. The van der Waals surface area contributed by atoms with Crippen LogP contribution in [0.15, 0.2) is 12.2 Å². The summed E-state index contributed by atoms with van der Waals surface area (Å²) in [5, 5.41) is 21.3. The smallest absolute Gasteiger partial charge is 0.408 e. The molecule has 6 nitrogen and oxygen atoms in total. The molecule has 1 amide bonds. The molecule has 0 aromatic rings. The van der Waals surface area contributed by atoms with Crippen LogP contribution in [0.1, 0.15) is 41.0 Å². The van der Waals surface area contributed by atoms with Gasteiger partial charge in [0.2, 0.25) is 0 Å². The predicted octanol–water partition coefficient (Wildman–Crippen LogP) is 1.93. The van der Waals surface area contributed by atoms with Crippen molar-refractivity contribution >= 4 is 12.1 Å². The van der Waals surface area contributed by atoms with Crippen LogP contribution in [0.3, 0.4) is 0 Å². The number of carboxylic acid groups (broad SMARTS) is 1. The predicted molar refractivity (Wildman–Crippen MR) is 75.4 cm³/mol. The number of nitrogens with one attached hydrogen (secondary N) is 1. The Bertz CT molecular complexity index is 359. The van der Waals surface area contributed by atoms with Gasteiger partial charge in [-0.1, -0.05) is 19.1 Å². The van der Waals surface area contributed by atoms with Crippen molar-refractivity contribution < 1.29 is 24.5 Å². The number of hydrogen-bond acceptors (Lipinski definition) is 4. The monoisotopic (exact) mass is 287 g/mol. The molecule has 3 atom stereocenters. The number of rotatable bonds is 6. The average molecular weight is 287 g/mol. The standard InChI is InChI=1S/C14H25NO5/c1-6-7-8-9(2)11(16)10(12(17)18)15-13(19)20-14(3,4)5/h6-7,9-11,16H,8H2,1-5H3,(H,15,19)(H,17,18)/b7-6+/t9-,10+,11+/m1/s1. The summed E-state index contributed by atoms with van der Waals surface area (Å²) >= 11 is 0. The van der Waals surface area contributed by atoms with E-state index in [9.17, 15) is 14.7 Å². The summed E-state index contributed by atoms with van der Waals surface area (Å²) < 4.78 is 4.99. The van der Waals surface area contributed by atoms with Gasteiger partial charge in [-0.3, -0.25) is 0 Å². The molecule has 6 heteroatoms. The number of carboxylic acids is 1. The van der Waals surface area contributed by atoms with E-state index in [0.29, 0.717) is 6.42 Å². The molecule has 0 aliphatic carbocycles. The molecule has 0 unspecified atom stereocenters. The van der Waals surface area contributed by atoms with Crippen LogP contribution in [-0.2, 0) is 9.53 Å². The number of aliphatic hydroxyl groups is 1. The zero-order valence-electron chi connectivity index (χ0n) is 12.7. The van der Waals surface area contributed by atoms with Gasteiger partial charge in [0.15, 0.2) is 6.04 Å². The van der Waals surface area contributed by atoms with Crippen LogP contribution in [0, 0.1) is 5.92 Å². The lowest BCUT2D eigenvalue weighted by Gasteiger charge is -2.26. The minimum Gasteiger partial charge on any atom is -0.480 e. The van der Waals surface area contributed by atoms with Crippen molar-refractivity contribution in [2.75, 3.05) is 0 Å². The molecular weight excluding hydrogens is 262 g/mol. The van der Waals surface area contributed by atoms with E-state index < -0.39 is 29.8 Å². The zero-order valence-corrected chi connectivity index (χ0v) is 12.7. The number of aliphatic carboxylic acids is 1. The number of hydrogen-bond donors (Lipinski definition) is 3. The van der Waals surface area contributed by atoms with Crippen LogP contribution >= 0.6 is 0 Å². The molecule has 0 heterocycles. The number of carbonyl (C=O) groups excluding carboxylic acids is 1. The highest BCUT2D eigenvalue weighted by Gasteiger charge is 2.33. The van der Waals surface area contributed by atoms with E-state index in [1.165, 1.54) is 0 Å². The van der Waals surface area contributed by atoms with Crippen molar-refractivity contribution in [3.8, 4) is 0 Å². The highest BCUT2D eigenvalue weighted by atomic mass is 16.6. The van der Waals surface area contributed by atoms with Gasteiger partial charge in [-0.2, -0.15) is 0 Å². The molecule has 3 N–H and O–H groups in total. The molecule has 0 saturated carbocycles. The van der Waals surface area contributed by atoms with Gasteiger partial charge in [0.1, 0.15) is 5.60 Å². The van der Waals surface area contributed by atoms with Crippen LogP contribution < -0.4 is 5.32 Å². The van der Waals surface area contributed by atoms with E-state index in [4.69, 9.17) is 9.84 Å². The van der Waals surface area contributed by atoms with Gasteiger partial charge in [0, 0.05) is 0 Å². The fourth-order valence-electron chi connectivity index (χ4n) is 1.55. The van der Waals surface area contributed by atoms with Crippen molar-refractivity contribution in [3.05, 3.63) is 12.2 Å². The second-order valence-electron chi connectivity index (χ2n) is 5.73. The lowest BCUT2D eigenvalue weighted by molar-refractivity contribution is -0.143. The number of ether oxygens (including phenoxy) is 1. The minimum absolute atomic E-state index is 0.303. The van der Waals surface area contributed by atoms with Gasteiger partial charge in [-0.15, -0.1) is 0 Å². The highest BCUT2D eigenvalue weighted by Crippen LogP contribution is 2.14. The molecule has 0 aliphatic rings. The number of carbonyl (C=O) groups is 2. The first kappa shape index (κ1) is 18.4. The van der Waals surface area contributed by atoms with E-state index in [2.05, 4.69) is 5.32 Å². The Morgan fingerprint density at radius 1 is 1.35 bits per heavy atom. The molecule has 0 rings (SSSR count). The Kier molecular flexibility index (Phi) is 7.28. The highest BCUT2D eigenvalue weighted by molar-refractivity contribution is 5.80. The summed E-state index contributed by atoms with van der Waals surface area (Å²) in [6.07, 6.45) is 2.12. The topological polar surface area (TPSA) is 95.9 Å². The van der Waals surface area contributed by atoms with Gasteiger partial charge < -0.3 is 20.3 Å². The van der Waals surface area contributed by atoms with E-state index in [0.717, 1.165) is 0 Å². The maximum Gasteiger partial charge on any atom is 0.408 e. The number of aliphatic hydroxyl groups excluding tert-OH is 1. The van der Waals surface area contributed by atoms with E-state index in [-0.39, 0.29) is 5.92 Å². The molecule has 0 aromatic heterocycles. The average Bonchev–Trinajstić information content (AvgIpc) is 2.29. The maximum absolute atomic E-state index is 11.6. The van der Waals surface area contributed by atoms with Gasteiger partial charge in [0.25, 0.3) is 0 Å². The van der Waals surface area contributed by atoms with Gasteiger partial charge >= 0.3 is 12.1 Å². The third-order valence-electron chi connectivity index (χ3n) is 2.61. The van der Waals surface area contributed by atoms with Crippen LogP contribution in [0.4, 0.5) is 4.79 Å². The molecule has 0 saturated heterocycles. The fourth-order valence-corrected chi connectivity index (χ4v) is 1.55. The molecule has 0 radical (unpaired) electrons. The SMILES string of the molecule is C/C=C/C[C@@H](C)[C@H](O)[C@H](NC(=O)OC(C)(C)C)C(=O)O. The number of alkyl carbamates (subject to hydrolysis) is 1. The first-order valence-corrected chi connectivity index (χ1v) is 6.60. The first-order chi connectivity index (χ1) is 9.08. The summed E-state index contributed by atoms with van der Waals surface area (Å²) in [7, 11) is 0. The van der Waals surface area contributed by atoms with Crippen molar-refractivity contribution in [1.82, 2.24) is 5.32 Å². The zero-order chi connectivity index (χ0) is 15.9. The summed E-state index contributed by atoms with van der Waals surface area (Å²) in [6.45, 7) is 8.58. The van der Waals surface area contributed by atoms with E-state index >= 15 is 0 Å². The van der Waals surface area contributed by atoms with Crippen LogP contribution in [0.5, 0.6) is 0 Å². The Morgan fingerprint density at radius 2 is 1.90 bits per heavy atom. The largest absolute Gasteiger partial charge is 0.480 e. The van der Waals surface area contributed by atoms with Crippen molar-refractivity contribution in [1.29, 1.82) is 0 Å². The summed E-state index contributed by atoms with van der Waals surface area (Å²) in [5.41, 5.74) is -0.728. The van der Waals surface area contributed by atoms with E-state index in [1.54, 1.807) is 27.7 Å². The molecule has 0 aliphatic heterocycles. The van der Waals surface area contributed by atoms with Crippen molar-refractivity contribution in [2.45, 2.75) is 58.8 Å². The van der Waals surface area contributed by atoms with Gasteiger partial charge in [-0.05, 0) is 40.0 Å². The Balaban J connectivity index is 4.72. The molecule has 0 aromatic carbocycles. The van der Waals surface area contributed by atoms with Crippen LogP contribution in [0.2, 0.25) is 0 Å². The normalized spacial score (nSPS) is 16.5. The molecule has 0 spiro atoms. The third-order valence-corrected chi connectivity index (χ3v) is 2.61. The molecule has 116 valence electrons. The second-order valence-corrected chi connectivity index (χ2v) is 5.73. The van der Waals surface area contributed by atoms with Crippen LogP contribution in [-0.4, -0.2) is 40.0 Å². The van der Waals surface area contributed by atoms with E-state index in [1.807, 2.05) is 19.1 Å². The summed E-state index contributed by atoms with van der Waals surface area (Å²) in [4.78, 5) is 22.8. The second kappa shape index (κ2) is 7.89. The van der Waals surface area contributed by atoms with Crippen molar-refractivity contribution in [3.63, 3.8) is 0 Å². The minimum atomic E-state index is -1.40.